The summed E-state index contributed by atoms with van der Waals surface area (Å²) in [5.41, 5.74) is -0.252. The van der Waals surface area contributed by atoms with Crippen LogP contribution in [0.2, 0.25) is 0 Å². The Balaban J connectivity index is 2.30. The Labute approximate surface area is 148 Å². The van der Waals surface area contributed by atoms with Crippen LogP contribution in [-0.2, 0) is 9.47 Å². The molecule has 0 unspecified atom stereocenters. The maximum atomic E-state index is 13.4. The quantitative estimate of drug-likeness (QED) is 0.502. The Morgan fingerprint density at radius 2 is 1.08 bits per heavy atom. The average molecular weight is 351 g/mol. The number of ether oxygens (including phenoxy) is 2. The third kappa shape index (κ3) is 3.34. The number of hydrogen-bond donors (Lipinski definition) is 0. The van der Waals surface area contributed by atoms with Crippen molar-refractivity contribution >= 4 is 28.9 Å². The Morgan fingerprint density at radius 3 is 1.40 bits per heavy atom. The first-order chi connectivity index (χ1) is 12.3. The highest BCUT2D eigenvalue weighted by Crippen LogP contribution is 2.56. The van der Waals surface area contributed by atoms with Crippen LogP contribution in [-0.4, -0.2) is 19.6 Å². The van der Waals surface area contributed by atoms with Crippen molar-refractivity contribution in [1.82, 2.24) is 0 Å². The summed E-state index contributed by atoms with van der Waals surface area (Å²) < 4.78 is 10.5. The van der Waals surface area contributed by atoms with Crippen LogP contribution < -0.4 is 15.9 Å². The molecule has 3 aromatic carbocycles. The number of methoxy groups -OCH3 is 1. The van der Waals surface area contributed by atoms with E-state index in [9.17, 15) is 4.79 Å². The van der Waals surface area contributed by atoms with Crippen molar-refractivity contribution < 1.29 is 14.3 Å². The third-order valence-electron chi connectivity index (χ3n) is 4.00. The molecule has 0 aliphatic carbocycles. The van der Waals surface area contributed by atoms with Gasteiger partial charge in [0.2, 0.25) is 7.26 Å². The lowest BCUT2D eigenvalue weighted by atomic mass is 10.4. The van der Waals surface area contributed by atoms with Gasteiger partial charge in [-0.05, 0) is 36.4 Å². The summed E-state index contributed by atoms with van der Waals surface area (Å²) in [4.78, 5) is 13.4. The molecule has 0 saturated heterocycles. The molecule has 3 aromatic rings. The highest BCUT2D eigenvalue weighted by molar-refractivity contribution is 8.07. The first-order valence-corrected chi connectivity index (χ1v) is 9.81. The molecule has 0 heterocycles. The van der Waals surface area contributed by atoms with E-state index >= 15 is 0 Å². The number of rotatable bonds is 6. The molecule has 0 spiro atoms. The molecule has 126 valence electrons. The summed E-state index contributed by atoms with van der Waals surface area (Å²) in [6.45, 7) is -0.0624. The summed E-state index contributed by atoms with van der Waals surface area (Å²) in [7, 11) is -1.10. The number of carbonyl (C=O) groups excluding carboxylic acids is 1. The number of benzene rings is 3. The average Bonchev–Trinajstić information content (AvgIpc) is 2.69. The molecular formula is C21H20O3P+. The van der Waals surface area contributed by atoms with Gasteiger partial charge in [0, 0.05) is 7.11 Å². The van der Waals surface area contributed by atoms with Gasteiger partial charge in [0.15, 0.2) is 6.79 Å². The molecule has 0 fully saturated rings. The van der Waals surface area contributed by atoms with Gasteiger partial charge in [-0.1, -0.05) is 54.6 Å². The topological polar surface area (TPSA) is 35.5 Å². The molecule has 3 nitrogen and oxygen atoms in total. The Bertz CT molecular complexity index is 708. The largest absolute Gasteiger partial charge is 0.468 e. The van der Waals surface area contributed by atoms with Gasteiger partial charge in [0.1, 0.15) is 15.9 Å². The van der Waals surface area contributed by atoms with Crippen LogP contribution in [0.25, 0.3) is 0 Å². The Hall–Kier alpha value is -2.48. The van der Waals surface area contributed by atoms with E-state index in [1.54, 1.807) is 0 Å². The van der Waals surface area contributed by atoms with Crippen LogP contribution in [0, 0.1) is 0 Å². The molecule has 0 aliphatic rings. The minimum Gasteiger partial charge on any atom is -0.408 e. The van der Waals surface area contributed by atoms with Crippen molar-refractivity contribution in [1.29, 1.82) is 0 Å². The molecular weight excluding hydrogens is 331 g/mol. The van der Waals surface area contributed by atoms with Crippen molar-refractivity contribution in [2.24, 2.45) is 0 Å². The van der Waals surface area contributed by atoms with Crippen molar-refractivity contribution in [3.05, 3.63) is 91.0 Å². The monoisotopic (exact) mass is 351 g/mol. The van der Waals surface area contributed by atoms with Crippen LogP contribution in [0.4, 0.5) is 4.79 Å². The lowest BCUT2D eigenvalue weighted by Crippen LogP contribution is -2.37. The molecule has 0 bridgehead atoms. The van der Waals surface area contributed by atoms with E-state index in [2.05, 4.69) is 0 Å². The van der Waals surface area contributed by atoms with E-state index in [0.717, 1.165) is 15.9 Å². The van der Waals surface area contributed by atoms with Crippen molar-refractivity contribution in [3.8, 4) is 0 Å². The second kappa shape index (κ2) is 8.06. The summed E-state index contributed by atoms with van der Waals surface area (Å²) in [6.07, 6.45) is 0. The standard InChI is InChI=1S/C21H20O3P/c1-23-17-24-21(22)25(18-11-5-2-6-12-18,19-13-7-3-8-14-19)20-15-9-4-10-16-20/h2-16H,17H2,1H3/q+1. The maximum Gasteiger partial charge on any atom is 0.468 e. The van der Waals surface area contributed by atoms with E-state index < -0.39 is 7.26 Å². The summed E-state index contributed by atoms with van der Waals surface area (Å²) >= 11 is 0. The van der Waals surface area contributed by atoms with Crippen LogP contribution in [0.15, 0.2) is 91.0 Å². The zero-order valence-corrected chi connectivity index (χ0v) is 14.9. The summed E-state index contributed by atoms with van der Waals surface area (Å²) in [5.74, 6) is 0. The second-order valence-electron chi connectivity index (χ2n) is 5.49. The van der Waals surface area contributed by atoms with Crippen molar-refractivity contribution in [2.75, 3.05) is 13.9 Å². The van der Waals surface area contributed by atoms with Gasteiger partial charge < -0.3 is 9.47 Å². The molecule has 0 atom stereocenters. The molecule has 0 saturated carbocycles. The zero-order chi connectivity index (χ0) is 17.5. The highest BCUT2D eigenvalue weighted by atomic mass is 31.2. The van der Waals surface area contributed by atoms with Gasteiger partial charge in [0.25, 0.3) is 0 Å². The van der Waals surface area contributed by atoms with Gasteiger partial charge in [-0.25, -0.2) is 4.79 Å². The first-order valence-electron chi connectivity index (χ1n) is 8.02. The normalized spacial score (nSPS) is 11.1. The van der Waals surface area contributed by atoms with Crippen LogP contribution in [0.3, 0.4) is 0 Å². The highest BCUT2D eigenvalue weighted by Gasteiger charge is 2.55. The Morgan fingerprint density at radius 1 is 0.720 bits per heavy atom. The third-order valence-corrected chi connectivity index (χ3v) is 7.90. The second-order valence-corrected chi connectivity index (χ2v) is 8.75. The van der Waals surface area contributed by atoms with Crippen molar-refractivity contribution in [2.45, 2.75) is 0 Å². The van der Waals surface area contributed by atoms with Gasteiger partial charge in [-0.15, -0.1) is 0 Å². The van der Waals surface area contributed by atoms with E-state index in [4.69, 9.17) is 9.47 Å². The minimum atomic E-state index is -2.62. The maximum absolute atomic E-state index is 13.4. The van der Waals surface area contributed by atoms with E-state index in [1.165, 1.54) is 7.11 Å². The summed E-state index contributed by atoms with van der Waals surface area (Å²) in [6, 6.07) is 29.6. The minimum absolute atomic E-state index is 0.0624. The molecule has 0 amide bonds. The fourth-order valence-corrected chi connectivity index (χ4v) is 6.56. The van der Waals surface area contributed by atoms with E-state index in [-0.39, 0.29) is 12.5 Å². The summed E-state index contributed by atoms with van der Waals surface area (Å²) in [5, 5.41) is 2.90. The van der Waals surface area contributed by atoms with Gasteiger partial charge in [-0.3, -0.25) is 0 Å². The molecule has 3 rings (SSSR count). The molecule has 4 heteroatoms. The number of carbonyl (C=O) groups is 1. The smallest absolute Gasteiger partial charge is 0.408 e. The van der Waals surface area contributed by atoms with Crippen LogP contribution >= 0.6 is 7.26 Å². The van der Waals surface area contributed by atoms with Gasteiger partial charge in [0.05, 0.1) is 0 Å². The first kappa shape index (κ1) is 17.3. The van der Waals surface area contributed by atoms with Gasteiger partial charge in [-0.2, -0.15) is 0 Å². The molecule has 0 aromatic heterocycles. The zero-order valence-electron chi connectivity index (χ0n) is 14.0. The number of hydrogen-bond acceptors (Lipinski definition) is 3. The molecule has 0 aliphatic heterocycles. The SMILES string of the molecule is COCOC(=O)[P+](c1ccccc1)(c1ccccc1)c1ccccc1. The van der Waals surface area contributed by atoms with E-state index in [1.807, 2.05) is 91.0 Å². The molecule has 25 heavy (non-hydrogen) atoms. The predicted octanol–water partition coefficient (Wildman–Crippen LogP) is 3.72. The molecule has 0 N–H and O–H groups in total. The van der Waals surface area contributed by atoms with E-state index in [0.29, 0.717) is 0 Å². The van der Waals surface area contributed by atoms with Crippen LogP contribution in [0.1, 0.15) is 0 Å². The molecule has 0 radical (unpaired) electrons. The van der Waals surface area contributed by atoms with Crippen molar-refractivity contribution in [3.63, 3.8) is 0 Å². The fourth-order valence-electron chi connectivity index (χ4n) is 2.92. The Kier molecular flexibility index (Phi) is 5.60. The predicted molar refractivity (Wildman–Crippen MR) is 104 cm³/mol. The van der Waals surface area contributed by atoms with Gasteiger partial charge >= 0.3 is 5.71 Å². The lowest BCUT2D eigenvalue weighted by molar-refractivity contribution is 0.0236. The lowest BCUT2D eigenvalue weighted by Gasteiger charge is -2.24. The van der Waals surface area contributed by atoms with Crippen LogP contribution in [0.5, 0.6) is 0 Å². The fraction of sp³-hybridized carbons (Fsp3) is 0.0952.